The number of alkyl halides is 4. The molecule has 2 aromatic heterocycles. The minimum Gasteiger partial charge on any atom is -0.497 e. The monoisotopic (exact) mass is 472 g/mol. The van der Waals surface area contributed by atoms with E-state index in [0.29, 0.717) is 5.75 Å². The van der Waals surface area contributed by atoms with Gasteiger partial charge in [0, 0.05) is 18.5 Å². The Morgan fingerprint density at radius 2 is 1.76 bits per heavy atom. The number of hydrogen-bond donors (Lipinski definition) is 0. The van der Waals surface area contributed by atoms with Crippen LogP contribution in [-0.4, -0.2) is 51.1 Å². The van der Waals surface area contributed by atoms with Crippen molar-refractivity contribution in [3.05, 3.63) is 71.5 Å². The van der Waals surface area contributed by atoms with Crippen molar-refractivity contribution in [1.82, 2.24) is 25.0 Å². The van der Waals surface area contributed by atoms with Crippen LogP contribution in [0.25, 0.3) is 11.2 Å². The number of fused-ring (bicyclic) bond motifs is 1. The molecule has 0 saturated carbocycles. The molecule has 0 N–H and O–H groups in total. The van der Waals surface area contributed by atoms with Gasteiger partial charge in [0.2, 0.25) is 5.82 Å². The molecule has 176 valence electrons. The van der Waals surface area contributed by atoms with Crippen molar-refractivity contribution in [2.24, 2.45) is 0 Å². The lowest BCUT2D eigenvalue weighted by atomic mass is 10.1. The van der Waals surface area contributed by atoms with E-state index in [1.54, 1.807) is 37.4 Å². The third-order valence-electron chi connectivity index (χ3n) is 5.72. The van der Waals surface area contributed by atoms with Crippen LogP contribution >= 0.6 is 0 Å². The smallest absolute Gasteiger partial charge is 0.331 e. The Balaban J connectivity index is 1.62. The van der Waals surface area contributed by atoms with Crippen LogP contribution in [0, 0.1) is 0 Å². The minimum atomic E-state index is -3.55. The number of halogens is 4. The van der Waals surface area contributed by atoms with E-state index in [-0.39, 0.29) is 35.6 Å². The van der Waals surface area contributed by atoms with Crippen LogP contribution in [0.3, 0.4) is 0 Å². The number of methoxy groups -OCH3 is 1. The van der Waals surface area contributed by atoms with Crippen LogP contribution in [0.2, 0.25) is 0 Å². The molecule has 3 heterocycles. The van der Waals surface area contributed by atoms with E-state index < -0.39 is 30.6 Å². The molecule has 0 amide bonds. The zero-order valence-electron chi connectivity index (χ0n) is 18.1. The summed E-state index contributed by atoms with van der Waals surface area (Å²) in [5, 5.41) is 8.14. The molecule has 34 heavy (non-hydrogen) atoms. The summed E-state index contributed by atoms with van der Waals surface area (Å²) in [6.45, 7) is -0.495. The highest BCUT2D eigenvalue weighted by Gasteiger charge is 2.43. The van der Waals surface area contributed by atoms with Crippen LogP contribution in [0.4, 0.5) is 23.4 Å². The molecule has 1 saturated heterocycles. The second-order valence-electron chi connectivity index (χ2n) is 8.11. The Hall–Kier alpha value is -3.76. The average Bonchev–Trinajstić information content (AvgIpc) is 3.42. The minimum absolute atomic E-state index is 0.0409. The van der Waals surface area contributed by atoms with Crippen LogP contribution in [-0.2, 0) is 12.5 Å². The first-order chi connectivity index (χ1) is 16.3. The van der Waals surface area contributed by atoms with Crippen molar-refractivity contribution < 1.29 is 22.3 Å². The zero-order chi connectivity index (χ0) is 23.9. The predicted octanol–water partition coefficient (Wildman–Crippen LogP) is 4.26. The maximum Gasteiger partial charge on any atom is 0.331 e. The van der Waals surface area contributed by atoms with Gasteiger partial charge in [-0.05, 0) is 17.7 Å². The second-order valence-corrected chi connectivity index (χ2v) is 8.11. The van der Waals surface area contributed by atoms with E-state index in [2.05, 4.69) is 20.3 Å². The highest BCUT2D eigenvalue weighted by atomic mass is 19.3. The van der Waals surface area contributed by atoms with Gasteiger partial charge < -0.3 is 9.64 Å². The summed E-state index contributed by atoms with van der Waals surface area (Å²) in [5.41, 5.74) is 0.638. The van der Waals surface area contributed by atoms with E-state index in [4.69, 9.17) is 4.74 Å². The van der Waals surface area contributed by atoms with E-state index >= 15 is 8.78 Å². The first-order valence-corrected chi connectivity index (χ1v) is 10.6. The summed E-state index contributed by atoms with van der Waals surface area (Å²) in [4.78, 5) is 9.42. The van der Waals surface area contributed by atoms with Crippen LogP contribution in [0.15, 0.2) is 54.6 Å². The van der Waals surface area contributed by atoms with Crippen molar-refractivity contribution in [2.45, 2.75) is 24.8 Å². The molecule has 0 unspecified atom stereocenters. The number of benzene rings is 2. The molecule has 0 atom stereocenters. The number of rotatable bonds is 6. The highest BCUT2D eigenvalue weighted by molar-refractivity contribution is 5.83. The third-order valence-corrected chi connectivity index (χ3v) is 5.72. The van der Waals surface area contributed by atoms with Crippen molar-refractivity contribution in [3.63, 3.8) is 0 Å². The Morgan fingerprint density at radius 1 is 1.03 bits per heavy atom. The molecular formula is C23H20F4N6O. The molecule has 1 fully saturated rings. The van der Waals surface area contributed by atoms with Crippen molar-refractivity contribution in [2.75, 3.05) is 25.1 Å². The summed E-state index contributed by atoms with van der Waals surface area (Å²) in [7, 11) is 1.55. The number of anilines is 1. The molecule has 5 rings (SSSR count). The first kappa shape index (κ1) is 22.1. The van der Waals surface area contributed by atoms with Gasteiger partial charge in [-0.2, -0.15) is 8.78 Å². The third kappa shape index (κ3) is 4.02. The lowest BCUT2D eigenvalue weighted by Crippen LogP contribution is -2.28. The summed E-state index contributed by atoms with van der Waals surface area (Å²) >= 11 is 0. The number of nitrogens with zero attached hydrogens (tertiary/aromatic N) is 6. The van der Waals surface area contributed by atoms with Gasteiger partial charge in [-0.3, -0.25) is 0 Å². The number of hydrogen-bond acceptors (Lipinski definition) is 6. The highest BCUT2D eigenvalue weighted by Crippen LogP contribution is 2.38. The van der Waals surface area contributed by atoms with E-state index in [9.17, 15) is 8.78 Å². The Kier molecular flexibility index (Phi) is 5.34. The lowest BCUT2D eigenvalue weighted by molar-refractivity contribution is 0.0256. The van der Waals surface area contributed by atoms with Gasteiger partial charge in [-0.1, -0.05) is 47.7 Å². The predicted molar refractivity (Wildman–Crippen MR) is 116 cm³/mol. The van der Waals surface area contributed by atoms with Crippen LogP contribution < -0.4 is 9.64 Å². The van der Waals surface area contributed by atoms with Crippen LogP contribution in [0.1, 0.15) is 23.4 Å². The summed E-state index contributed by atoms with van der Waals surface area (Å²) < 4.78 is 65.3. The molecule has 0 bridgehead atoms. The van der Waals surface area contributed by atoms with Gasteiger partial charge in [-0.25, -0.2) is 23.4 Å². The van der Waals surface area contributed by atoms with Gasteiger partial charge in [0.25, 0.3) is 5.92 Å². The standard InChI is InChI=1S/C23H20F4N6O/c1-34-17-9-7-15(8-10-17)13-33-20-18(30-31-33)19(32-12-11-22(24,25)14-32)28-21(29-20)23(26,27)16-5-3-2-4-6-16/h2-10H,11-14H2,1H3. The molecular weight excluding hydrogens is 452 g/mol. The molecule has 1 aliphatic rings. The fraction of sp³-hybridized carbons (Fsp3) is 0.304. The van der Waals surface area contributed by atoms with Crippen molar-refractivity contribution in [1.29, 1.82) is 0 Å². The molecule has 11 heteroatoms. The molecule has 0 spiro atoms. The number of aromatic nitrogens is 5. The molecule has 4 aromatic rings. The largest absolute Gasteiger partial charge is 0.497 e. The molecule has 0 aliphatic carbocycles. The molecule has 1 aliphatic heterocycles. The van der Waals surface area contributed by atoms with Gasteiger partial charge in [0.1, 0.15) is 5.75 Å². The SMILES string of the molecule is COc1ccc(Cn2nnc3c(N4CCC(F)(F)C4)nc(C(F)(F)c4ccccc4)nc32)cc1. The Bertz CT molecular complexity index is 1310. The average molecular weight is 472 g/mol. The van der Waals surface area contributed by atoms with Gasteiger partial charge >= 0.3 is 5.92 Å². The zero-order valence-corrected chi connectivity index (χ0v) is 18.1. The van der Waals surface area contributed by atoms with Crippen LogP contribution in [0.5, 0.6) is 5.75 Å². The maximum atomic E-state index is 15.4. The van der Waals surface area contributed by atoms with E-state index in [1.165, 1.54) is 33.8 Å². The second kappa shape index (κ2) is 8.23. The molecule has 7 nitrogen and oxygen atoms in total. The topological polar surface area (TPSA) is 69.0 Å². The normalized spacial score (nSPS) is 15.7. The van der Waals surface area contributed by atoms with E-state index in [0.717, 1.165) is 5.56 Å². The lowest BCUT2D eigenvalue weighted by Gasteiger charge is -2.21. The Morgan fingerprint density at radius 3 is 2.41 bits per heavy atom. The summed E-state index contributed by atoms with van der Waals surface area (Å²) in [6, 6.07) is 14.2. The van der Waals surface area contributed by atoms with Gasteiger partial charge in [-0.15, -0.1) is 5.10 Å². The van der Waals surface area contributed by atoms with Gasteiger partial charge in [0.05, 0.1) is 20.2 Å². The van der Waals surface area contributed by atoms with Crippen molar-refractivity contribution >= 4 is 17.0 Å². The quantitative estimate of drug-likeness (QED) is 0.391. The maximum absolute atomic E-state index is 15.4. The summed E-state index contributed by atoms with van der Waals surface area (Å²) in [5.74, 6) is -6.71. The van der Waals surface area contributed by atoms with Gasteiger partial charge in [0.15, 0.2) is 17.0 Å². The molecule has 2 aromatic carbocycles. The van der Waals surface area contributed by atoms with E-state index in [1.807, 2.05) is 0 Å². The summed E-state index contributed by atoms with van der Waals surface area (Å²) in [6.07, 6.45) is -0.400. The number of ether oxygens (including phenoxy) is 1. The Labute approximate surface area is 192 Å². The molecule has 0 radical (unpaired) electrons. The fourth-order valence-corrected chi connectivity index (χ4v) is 3.91. The first-order valence-electron chi connectivity index (χ1n) is 10.6. The fourth-order valence-electron chi connectivity index (χ4n) is 3.91. The van der Waals surface area contributed by atoms with Crippen molar-refractivity contribution in [3.8, 4) is 5.75 Å².